The van der Waals surface area contributed by atoms with Crippen LogP contribution in [0.1, 0.15) is 37.2 Å². The minimum Gasteiger partial charge on any atom is -0.335 e. The molecule has 1 amide bonds. The van der Waals surface area contributed by atoms with Crippen LogP contribution in [0.2, 0.25) is 0 Å². The van der Waals surface area contributed by atoms with Crippen LogP contribution < -0.4 is 5.32 Å². The van der Waals surface area contributed by atoms with Gasteiger partial charge in [-0.25, -0.2) is 8.78 Å². The third-order valence-electron chi connectivity index (χ3n) is 5.39. The molecule has 2 aliphatic heterocycles. The van der Waals surface area contributed by atoms with E-state index in [1.165, 1.54) is 6.07 Å². The van der Waals surface area contributed by atoms with E-state index in [-0.39, 0.29) is 17.7 Å². The molecule has 2 heterocycles. The largest absolute Gasteiger partial charge is 0.335 e. The van der Waals surface area contributed by atoms with Crippen LogP contribution in [-0.4, -0.2) is 36.0 Å². The van der Waals surface area contributed by atoms with Crippen LogP contribution in [0.5, 0.6) is 0 Å². The quantitative estimate of drug-likeness (QED) is 0.910. The summed E-state index contributed by atoms with van der Waals surface area (Å²) in [6.07, 6.45) is 3.95. The fourth-order valence-corrected chi connectivity index (χ4v) is 4.11. The van der Waals surface area contributed by atoms with E-state index in [9.17, 15) is 13.6 Å². The standard InChI is InChI=1S/C17H20F2N2O/c18-15-4-1-10(7-16(15)19)13-8-14(13)17(22)21-11-2-3-12(21)9-20-6-5-11/h1,4,7,11-14,20H,2-3,5-6,8-9H2. The van der Waals surface area contributed by atoms with E-state index in [1.807, 2.05) is 0 Å². The van der Waals surface area contributed by atoms with Gasteiger partial charge in [0.05, 0.1) is 0 Å². The van der Waals surface area contributed by atoms with Crippen LogP contribution in [0.4, 0.5) is 8.78 Å². The van der Waals surface area contributed by atoms with Crippen molar-refractivity contribution in [2.45, 2.75) is 43.7 Å². The summed E-state index contributed by atoms with van der Waals surface area (Å²) in [5.74, 6) is -1.44. The van der Waals surface area contributed by atoms with Gasteiger partial charge in [-0.1, -0.05) is 6.07 Å². The Kier molecular flexibility index (Phi) is 3.40. The fraction of sp³-hybridized carbons (Fsp3) is 0.588. The molecule has 1 aromatic carbocycles. The lowest BCUT2D eigenvalue weighted by atomic mass is 10.1. The summed E-state index contributed by atoms with van der Waals surface area (Å²) in [6.45, 7) is 1.85. The van der Waals surface area contributed by atoms with Gasteiger partial charge in [-0.3, -0.25) is 4.79 Å². The van der Waals surface area contributed by atoms with E-state index in [4.69, 9.17) is 0 Å². The SMILES string of the molecule is O=C(C1CC1c1ccc(F)c(F)c1)N1C2CCNCC1CC2. The molecule has 2 saturated heterocycles. The average Bonchev–Trinajstić information content (AvgIpc) is 3.21. The molecule has 1 N–H and O–H groups in total. The summed E-state index contributed by atoms with van der Waals surface area (Å²) in [4.78, 5) is 14.9. The molecule has 4 unspecified atom stereocenters. The summed E-state index contributed by atoms with van der Waals surface area (Å²) < 4.78 is 26.4. The molecular formula is C17H20F2N2O. The zero-order valence-electron chi connectivity index (χ0n) is 12.4. The summed E-state index contributed by atoms with van der Waals surface area (Å²) in [5.41, 5.74) is 0.748. The van der Waals surface area contributed by atoms with Crippen LogP contribution in [0.15, 0.2) is 18.2 Å². The second-order valence-electron chi connectivity index (χ2n) is 6.75. The minimum atomic E-state index is -0.830. The summed E-state index contributed by atoms with van der Waals surface area (Å²) in [5, 5.41) is 3.39. The predicted molar refractivity (Wildman–Crippen MR) is 78.3 cm³/mol. The number of halogens is 2. The molecule has 5 heteroatoms. The maximum absolute atomic E-state index is 13.4. The first kappa shape index (κ1) is 14.1. The Hall–Kier alpha value is -1.49. The zero-order valence-corrected chi connectivity index (χ0v) is 12.4. The summed E-state index contributed by atoms with van der Waals surface area (Å²) in [7, 11) is 0. The number of carbonyl (C=O) groups excluding carboxylic acids is 1. The van der Waals surface area contributed by atoms with Crippen molar-refractivity contribution in [3.63, 3.8) is 0 Å². The van der Waals surface area contributed by atoms with Crippen molar-refractivity contribution in [3.05, 3.63) is 35.4 Å². The van der Waals surface area contributed by atoms with E-state index in [0.29, 0.717) is 12.1 Å². The van der Waals surface area contributed by atoms with Crippen LogP contribution in [-0.2, 0) is 4.79 Å². The zero-order chi connectivity index (χ0) is 15.3. The third kappa shape index (κ3) is 2.32. The van der Waals surface area contributed by atoms with Crippen LogP contribution in [0.25, 0.3) is 0 Å². The van der Waals surface area contributed by atoms with Gasteiger partial charge in [-0.05, 0) is 55.8 Å². The minimum absolute atomic E-state index is 0.0499. The Morgan fingerprint density at radius 2 is 1.95 bits per heavy atom. The number of nitrogens with zero attached hydrogens (tertiary/aromatic N) is 1. The Bertz CT molecular complexity index is 592. The van der Waals surface area contributed by atoms with Crippen molar-refractivity contribution >= 4 is 5.91 Å². The number of hydrogen-bond acceptors (Lipinski definition) is 2. The lowest BCUT2D eigenvalue weighted by molar-refractivity contribution is -0.135. The molecule has 4 atom stereocenters. The van der Waals surface area contributed by atoms with Crippen molar-refractivity contribution in [2.24, 2.45) is 5.92 Å². The van der Waals surface area contributed by atoms with Crippen molar-refractivity contribution in [1.29, 1.82) is 0 Å². The monoisotopic (exact) mass is 306 g/mol. The number of hydrogen-bond donors (Lipinski definition) is 1. The second-order valence-corrected chi connectivity index (χ2v) is 6.75. The van der Waals surface area contributed by atoms with E-state index < -0.39 is 11.6 Å². The molecule has 1 saturated carbocycles. The van der Waals surface area contributed by atoms with Gasteiger partial charge in [0.25, 0.3) is 0 Å². The Balaban J connectivity index is 1.49. The van der Waals surface area contributed by atoms with Gasteiger partial charge in [-0.15, -0.1) is 0 Å². The van der Waals surface area contributed by atoms with Gasteiger partial charge in [-0.2, -0.15) is 0 Å². The molecule has 118 valence electrons. The van der Waals surface area contributed by atoms with Gasteiger partial charge in [0.1, 0.15) is 0 Å². The highest BCUT2D eigenvalue weighted by molar-refractivity contribution is 5.84. The first-order valence-electron chi connectivity index (χ1n) is 8.13. The predicted octanol–water partition coefficient (Wildman–Crippen LogP) is 2.42. The molecule has 0 spiro atoms. The first-order valence-corrected chi connectivity index (χ1v) is 8.13. The van der Waals surface area contributed by atoms with Gasteiger partial charge in [0, 0.05) is 24.5 Å². The van der Waals surface area contributed by atoms with Crippen molar-refractivity contribution in [3.8, 4) is 0 Å². The highest BCUT2D eigenvalue weighted by atomic mass is 19.2. The molecule has 4 rings (SSSR count). The lowest BCUT2D eigenvalue weighted by Crippen LogP contribution is -2.43. The Morgan fingerprint density at radius 1 is 1.14 bits per heavy atom. The molecule has 3 aliphatic rings. The average molecular weight is 306 g/mol. The molecule has 0 radical (unpaired) electrons. The molecule has 3 nitrogen and oxygen atoms in total. The fourth-order valence-electron chi connectivity index (χ4n) is 4.11. The van der Waals surface area contributed by atoms with Crippen molar-refractivity contribution < 1.29 is 13.6 Å². The van der Waals surface area contributed by atoms with E-state index in [1.54, 1.807) is 6.07 Å². The number of carbonyl (C=O) groups is 1. The van der Waals surface area contributed by atoms with Crippen LogP contribution in [0, 0.1) is 17.6 Å². The Morgan fingerprint density at radius 3 is 2.77 bits per heavy atom. The molecule has 1 aromatic rings. The molecule has 2 bridgehead atoms. The number of rotatable bonds is 2. The molecule has 0 aromatic heterocycles. The van der Waals surface area contributed by atoms with Crippen LogP contribution in [0.3, 0.4) is 0 Å². The highest BCUT2D eigenvalue weighted by Crippen LogP contribution is 2.50. The number of nitrogens with one attached hydrogen (secondary N) is 1. The number of amides is 1. The number of fused-ring (bicyclic) bond motifs is 2. The summed E-state index contributed by atoms with van der Waals surface area (Å²) >= 11 is 0. The van der Waals surface area contributed by atoms with Gasteiger partial charge in [0.2, 0.25) is 5.91 Å². The highest BCUT2D eigenvalue weighted by Gasteiger charge is 2.50. The summed E-state index contributed by atoms with van der Waals surface area (Å²) in [6, 6.07) is 4.68. The van der Waals surface area contributed by atoms with Crippen LogP contribution >= 0.6 is 0 Å². The topological polar surface area (TPSA) is 32.3 Å². The maximum Gasteiger partial charge on any atom is 0.226 e. The number of benzene rings is 1. The van der Waals surface area contributed by atoms with Crippen molar-refractivity contribution in [2.75, 3.05) is 13.1 Å². The molecule has 22 heavy (non-hydrogen) atoms. The van der Waals surface area contributed by atoms with E-state index in [2.05, 4.69) is 10.2 Å². The molecule has 3 fully saturated rings. The third-order valence-corrected chi connectivity index (χ3v) is 5.39. The smallest absolute Gasteiger partial charge is 0.226 e. The first-order chi connectivity index (χ1) is 10.6. The Labute approximate surface area is 128 Å². The van der Waals surface area contributed by atoms with Crippen molar-refractivity contribution in [1.82, 2.24) is 10.2 Å². The normalized spacial score (nSPS) is 33.6. The van der Waals surface area contributed by atoms with Gasteiger partial charge in [0.15, 0.2) is 11.6 Å². The van der Waals surface area contributed by atoms with E-state index >= 15 is 0 Å². The van der Waals surface area contributed by atoms with E-state index in [0.717, 1.165) is 50.4 Å². The van der Waals surface area contributed by atoms with Gasteiger partial charge >= 0.3 is 0 Å². The maximum atomic E-state index is 13.4. The second kappa shape index (κ2) is 5.30. The molecular weight excluding hydrogens is 286 g/mol. The van der Waals surface area contributed by atoms with Gasteiger partial charge < -0.3 is 10.2 Å². The molecule has 1 aliphatic carbocycles. The lowest BCUT2D eigenvalue weighted by Gasteiger charge is -2.28.